The van der Waals surface area contributed by atoms with Crippen LogP contribution in [0.5, 0.6) is 5.75 Å². The lowest BCUT2D eigenvalue weighted by Gasteiger charge is -2.19. The number of rotatable bonds is 2. The van der Waals surface area contributed by atoms with Gasteiger partial charge >= 0.3 is 0 Å². The minimum absolute atomic E-state index is 0.0139. The van der Waals surface area contributed by atoms with E-state index in [1.807, 2.05) is 0 Å². The van der Waals surface area contributed by atoms with E-state index >= 15 is 0 Å². The SMILES string of the molecule is CONC1CCCOc2c(Cl)cc(Br)c(Cl)c21. The lowest BCUT2D eigenvalue weighted by atomic mass is 10.0. The fourth-order valence-electron chi connectivity index (χ4n) is 1.92. The van der Waals surface area contributed by atoms with Crippen molar-refractivity contribution in [3.8, 4) is 5.75 Å². The maximum absolute atomic E-state index is 6.31. The minimum atomic E-state index is -0.0139. The predicted molar refractivity (Wildman–Crippen MR) is 71.8 cm³/mol. The highest BCUT2D eigenvalue weighted by Gasteiger charge is 2.26. The summed E-state index contributed by atoms with van der Waals surface area (Å²) in [6.45, 7) is 0.632. The van der Waals surface area contributed by atoms with E-state index in [2.05, 4.69) is 21.4 Å². The molecular weight excluding hydrogens is 329 g/mol. The van der Waals surface area contributed by atoms with Crippen LogP contribution in [0.2, 0.25) is 10.0 Å². The molecule has 0 bridgehead atoms. The Hall–Kier alpha value is -0.0000000000000000555. The van der Waals surface area contributed by atoms with Gasteiger partial charge in [-0.1, -0.05) is 23.2 Å². The fourth-order valence-corrected chi connectivity index (χ4v) is 3.03. The number of hydrogen-bond acceptors (Lipinski definition) is 3. The largest absolute Gasteiger partial charge is 0.492 e. The van der Waals surface area contributed by atoms with Gasteiger partial charge in [-0.25, -0.2) is 0 Å². The molecule has 2 rings (SSSR count). The first-order valence-electron chi connectivity index (χ1n) is 5.24. The van der Waals surface area contributed by atoms with Crippen molar-refractivity contribution >= 4 is 39.1 Å². The fraction of sp³-hybridized carbons (Fsp3) is 0.455. The van der Waals surface area contributed by atoms with Crippen LogP contribution < -0.4 is 10.2 Å². The summed E-state index contributed by atoms with van der Waals surface area (Å²) in [5.74, 6) is 0.645. The average molecular weight is 341 g/mol. The molecule has 0 aromatic heterocycles. The molecule has 0 saturated carbocycles. The highest BCUT2D eigenvalue weighted by Crippen LogP contribution is 2.44. The van der Waals surface area contributed by atoms with Gasteiger partial charge in [-0.3, -0.25) is 0 Å². The van der Waals surface area contributed by atoms with E-state index in [0.29, 0.717) is 22.4 Å². The smallest absolute Gasteiger partial charge is 0.144 e. The van der Waals surface area contributed by atoms with Crippen molar-refractivity contribution in [2.45, 2.75) is 18.9 Å². The Morgan fingerprint density at radius 3 is 3.00 bits per heavy atom. The molecule has 3 nitrogen and oxygen atoms in total. The van der Waals surface area contributed by atoms with Crippen LogP contribution >= 0.6 is 39.1 Å². The average Bonchev–Trinajstić information content (AvgIpc) is 2.50. The topological polar surface area (TPSA) is 30.5 Å². The summed E-state index contributed by atoms with van der Waals surface area (Å²) in [5.41, 5.74) is 3.78. The van der Waals surface area contributed by atoms with E-state index in [4.69, 9.17) is 32.8 Å². The number of fused-ring (bicyclic) bond motifs is 1. The van der Waals surface area contributed by atoms with E-state index in [9.17, 15) is 0 Å². The Morgan fingerprint density at radius 1 is 1.53 bits per heavy atom. The van der Waals surface area contributed by atoms with E-state index in [1.54, 1.807) is 13.2 Å². The van der Waals surface area contributed by atoms with Gasteiger partial charge in [0.15, 0.2) is 0 Å². The number of hydrogen-bond donors (Lipinski definition) is 1. The van der Waals surface area contributed by atoms with Gasteiger partial charge in [-0.15, -0.1) is 0 Å². The third-order valence-corrected chi connectivity index (χ3v) is 4.19. The molecule has 0 saturated heterocycles. The highest BCUT2D eigenvalue weighted by molar-refractivity contribution is 9.10. The Labute approximate surface area is 118 Å². The standard InChI is InChI=1S/C11H12BrCl2NO2/c1-16-15-8-3-2-4-17-11-7(13)5-6(12)10(14)9(8)11/h5,8,15H,2-4H2,1H3. The first-order valence-corrected chi connectivity index (χ1v) is 6.78. The Balaban J connectivity index is 2.54. The normalized spacial score (nSPS) is 19.4. The van der Waals surface area contributed by atoms with Crippen LogP contribution in [0, 0.1) is 0 Å². The van der Waals surface area contributed by atoms with Gasteiger partial charge in [0.25, 0.3) is 0 Å². The zero-order chi connectivity index (χ0) is 12.4. The number of hydroxylamine groups is 1. The lowest BCUT2D eigenvalue weighted by Crippen LogP contribution is -2.20. The maximum atomic E-state index is 6.31. The second-order valence-electron chi connectivity index (χ2n) is 3.76. The van der Waals surface area contributed by atoms with Crippen molar-refractivity contribution in [3.63, 3.8) is 0 Å². The van der Waals surface area contributed by atoms with Gasteiger partial charge in [-0.2, -0.15) is 5.48 Å². The van der Waals surface area contributed by atoms with Gasteiger partial charge in [0, 0.05) is 10.0 Å². The molecule has 0 amide bonds. The Bertz CT molecular complexity index is 428. The van der Waals surface area contributed by atoms with E-state index in [-0.39, 0.29) is 6.04 Å². The van der Waals surface area contributed by atoms with Crippen LogP contribution in [0.3, 0.4) is 0 Å². The van der Waals surface area contributed by atoms with Gasteiger partial charge in [0.05, 0.1) is 29.8 Å². The quantitative estimate of drug-likeness (QED) is 0.648. The summed E-state index contributed by atoms with van der Waals surface area (Å²) in [7, 11) is 1.58. The second kappa shape index (κ2) is 5.76. The molecule has 1 aliphatic heterocycles. The minimum Gasteiger partial charge on any atom is -0.492 e. The number of ether oxygens (including phenoxy) is 1. The monoisotopic (exact) mass is 339 g/mol. The number of benzene rings is 1. The van der Waals surface area contributed by atoms with Crippen LogP contribution in [0.25, 0.3) is 0 Å². The summed E-state index contributed by atoms with van der Waals surface area (Å²) >= 11 is 15.9. The zero-order valence-corrected chi connectivity index (χ0v) is 12.3. The molecular formula is C11H12BrCl2NO2. The van der Waals surface area contributed by atoms with Crippen LogP contribution in [-0.4, -0.2) is 13.7 Å². The van der Waals surface area contributed by atoms with Crippen LogP contribution in [0.15, 0.2) is 10.5 Å². The molecule has 0 fully saturated rings. The van der Waals surface area contributed by atoms with Crippen LogP contribution in [0.1, 0.15) is 24.4 Å². The number of halogens is 3. The Kier molecular flexibility index (Phi) is 4.55. The molecule has 1 unspecified atom stereocenters. The molecule has 1 aromatic carbocycles. The van der Waals surface area contributed by atoms with Gasteiger partial charge in [0.1, 0.15) is 5.75 Å². The Morgan fingerprint density at radius 2 is 2.29 bits per heavy atom. The summed E-state index contributed by atoms with van der Waals surface area (Å²) in [5, 5.41) is 1.17. The van der Waals surface area contributed by atoms with E-state index in [1.165, 1.54) is 0 Å². The summed E-state index contributed by atoms with van der Waals surface area (Å²) in [6.07, 6.45) is 1.80. The van der Waals surface area contributed by atoms with Crippen molar-refractivity contribution in [1.29, 1.82) is 0 Å². The van der Waals surface area contributed by atoms with Crippen LogP contribution in [-0.2, 0) is 4.84 Å². The van der Waals surface area contributed by atoms with Crippen molar-refractivity contribution in [2.75, 3.05) is 13.7 Å². The van der Waals surface area contributed by atoms with Crippen LogP contribution in [0.4, 0.5) is 0 Å². The van der Waals surface area contributed by atoms with Gasteiger partial charge in [0.2, 0.25) is 0 Å². The number of nitrogens with one attached hydrogen (secondary N) is 1. The predicted octanol–water partition coefficient (Wildman–Crippen LogP) is 4.12. The third kappa shape index (κ3) is 2.71. The van der Waals surface area contributed by atoms with Gasteiger partial charge < -0.3 is 9.57 Å². The molecule has 1 aromatic rings. The van der Waals surface area contributed by atoms with Crippen molar-refractivity contribution in [2.24, 2.45) is 0 Å². The third-order valence-electron chi connectivity index (χ3n) is 2.65. The van der Waals surface area contributed by atoms with Gasteiger partial charge in [-0.05, 0) is 34.8 Å². The van der Waals surface area contributed by atoms with Crippen molar-refractivity contribution in [1.82, 2.24) is 5.48 Å². The second-order valence-corrected chi connectivity index (χ2v) is 5.40. The lowest BCUT2D eigenvalue weighted by molar-refractivity contribution is 0.0580. The molecule has 17 heavy (non-hydrogen) atoms. The molecule has 1 heterocycles. The molecule has 0 spiro atoms. The first-order chi connectivity index (χ1) is 8.15. The van der Waals surface area contributed by atoms with Crippen molar-refractivity contribution < 1.29 is 9.57 Å². The van der Waals surface area contributed by atoms with E-state index < -0.39 is 0 Å². The summed E-state index contributed by atoms with van der Waals surface area (Å²) in [4.78, 5) is 5.01. The molecule has 94 valence electrons. The zero-order valence-electron chi connectivity index (χ0n) is 9.23. The summed E-state index contributed by atoms with van der Waals surface area (Å²) < 4.78 is 6.42. The molecule has 1 atom stereocenters. The highest BCUT2D eigenvalue weighted by atomic mass is 79.9. The van der Waals surface area contributed by atoms with E-state index in [0.717, 1.165) is 22.9 Å². The van der Waals surface area contributed by atoms with Crippen molar-refractivity contribution in [3.05, 3.63) is 26.1 Å². The first kappa shape index (κ1) is 13.4. The molecule has 1 N–H and O–H groups in total. The molecule has 0 aliphatic carbocycles. The molecule has 0 radical (unpaired) electrons. The summed E-state index contributed by atoms with van der Waals surface area (Å²) in [6, 6.07) is 1.73. The molecule has 1 aliphatic rings. The maximum Gasteiger partial charge on any atom is 0.144 e. The molecule has 6 heteroatoms.